The monoisotopic (exact) mass is 229 g/mol. The maximum Gasteiger partial charge on any atom is 0.213 e. The molecule has 17 heavy (non-hydrogen) atoms. The second-order valence-electron chi connectivity index (χ2n) is 3.39. The molecule has 0 bridgehead atoms. The van der Waals surface area contributed by atoms with Gasteiger partial charge in [-0.2, -0.15) is 0 Å². The molecule has 0 unspecified atom stereocenters. The molecule has 0 saturated heterocycles. The molecule has 1 aromatic heterocycles. The van der Waals surface area contributed by atoms with Gasteiger partial charge in [0.15, 0.2) is 0 Å². The number of hydrogen-bond acceptors (Lipinski definition) is 2. The normalized spacial score (nSPS) is 9.18. The Hall–Kier alpha value is -1.83. The van der Waals surface area contributed by atoms with Crippen LogP contribution in [-0.4, -0.2) is 12.1 Å². The van der Waals surface area contributed by atoms with Gasteiger partial charge in [-0.15, -0.1) is 0 Å². The first-order valence-electron chi connectivity index (χ1n) is 5.88. The molecule has 0 spiro atoms. The Labute approximate surface area is 103 Å². The van der Waals surface area contributed by atoms with Crippen LogP contribution in [0.5, 0.6) is 5.88 Å². The topological polar surface area (TPSA) is 22.1 Å². The van der Waals surface area contributed by atoms with Crippen molar-refractivity contribution < 1.29 is 4.74 Å². The molecule has 2 rings (SSSR count). The van der Waals surface area contributed by atoms with E-state index in [9.17, 15) is 0 Å². The zero-order chi connectivity index (χ0) is 12.7. The predicted octanol–water partition coefficient (Wildman–Crippen LogP) is 4.09. The lowest BCUT2D eigenvalue weighted by atomic mass is 10.1. The zero-order valence-corrected chi connectivity index (χ0v) is 10.9. The summed E-state index contributed by atoms with van der Waals surface area (Å²) >= 11 is 0. The van der Waals surface area contributed by atoms with E-state index in [0.29, 0.717) is 5.88 Å². The first-order chi connectivity index (χ1) is 8.31. The second kappa shape index (κ2) is 6.69. The molecule has 2 nitrogen and oxygen atoms in total. The molecule has 90 valence electrons. The van der Waals surface area contributed by atoms with Crippen LogP contribution >= 0.6 is 0 Å². The van der Waals surface area contributed by atoms with Crippen LogP contribution in [-0.2, 0) is 0 Å². The van der Waals surface area contributed by atoms with Crippen molar-refractivity contribution in [2.24, 2.45) is 0 Å². The molecule has 0 fully saturated rings. The summed E-state index contributed by atoms with van der Waals surface area (Å²) in [5.74, 6) is 0.652. The second-order valence-corrected chi connectivity index (χ2v) is 3.39. The molecule has 2 heteroatoms. The summed E-state index contributed by atoms with van der Waals surface area (Å²) in [6.07, 6.45) is 0. The molecule has 0 atom stereocenters. The lowest BCUT2D eigenvalue weighted by molar-refractivity contribution is 0.398. The largest absolute Gasteiger partial charge is 0.481 e. The number of ether oxygens (including phenoxy) is 1. The Bertz CT molecular complexity index is 452. The fourth-order valence-corrected chi connectivity index (χ4v) is 1.51. The van der Waals surface area contributed by atoms with E-state index >= 15 is 0 Å². The minimum Gasteiger partial charge on any atom is -0.481 e. The van der Waals surface area contributed by atoms with E-state index in [-0.39, 0.29) is 0 Å². The molecule has 1 heterocycles. The first kappa shape index (κ1) is 13.2. The van der Waals surface area contributed by atoms with Crippen molar-refractivity contribution in [2.45, 2.75) is 20.8 Å². The summed E-state index contributed by atoms with van der Waals surface area (Å²) in [6, 6.07) is 14.0. The lowest BCUT2D eigenvalue weighted by Crippen LogP contribution is -1.92. The molecule has 0 radical (unpaired) electrons. The Morgan fingerprint density at radius 2 is 1.59 bits per heavy atom. The van der Waals surface area contributed by atoms with Crippen molar-refractivity contribution in [3.8, 4) is 17.1 Å². The van der Waals surface area contributed by atoms with Crippen molar-refractivity contribution in [2.75, 3.05) is 7.11 Å². The summed E-state index contributed by atoms with van der Waals surface area (Å²) in [6.45, 7) is 6.05. The third kappa shape index (κ3) is 3.31. The van der Waals surface area contributed by atoms with E-state index in [1.807, 2.05) is 44.2 Å². The number of hydrogen-bond donors (Lipinski definition) is 0. The lowest BCUT2D eigenvalue weighted by Gasteiger charge is -2.06. The van der Waals surface area contributed by atoms with E-state index in [1.54, 1.807) is 7.11 Å². The highest BCUT2D eigenvalue weighted by atomic mass is 16.5. The molecule has 0 aliphatic heterocycles. The minimum absolute atomic E-state index is 0.652. The first-order valence-corrected chi connectivity index (χ1v) is 5.88. The number of nitrogens with zero attached hydrogens (tertiary/aromatic N) is 1. The Morgan fingerprint density at radius 1 is 0.941 bits per heavy atom. The summed E-state index contributed by atoms with van der Waals surface area (Å²) < 4.78 is 5.12. The van der Waals surface area contributed by atoms with Crippen molar-refractivity contribution in [3.63, 3.8) is 0 Å². The minimum atomic E-state index is 0.652. The Kier molecular flexibility index (Phi) is 5.21. The third-order valence-electron chi connectivity index (χ3n) is 2.33. The van der Waals surface area contributed by atoms with Gasteiger partial charge in [-0.05, 0) is 12.5 Å². The van der Waals surface area contributed by atoms with Gasteiger partial charge in [-0.1, -0.05) is 50.2 Å². The average Bonchev–Trinajstić information content (AvgIpc) is 2.42. The van der Waals surface area contributed by atoms with Crippen LogP contribution in [0.4, 0.5) is 0 Å². The van der Waals surface area contributed by atoms with Crippen molar-refractivity contribution in [1.29, 1.82) is 0 Å². The van der Waals surface area contributed by atoms with Crippen molar-refractivity contribution in [1.82, 2.24) is 4.98 Å². The molecule has 0 aliphatic rings. The molecular formula is C15H19NO. The predicted molar refractivity (Wildman–Crippen MR) is 72.3 cm³/mol. The highest BCUT2D eigenvalue weighted by Crippen LogP contribution is 2.23. The Morgan fingerprint density at radius 3 is 2.18 bits per heavy atom. The van der Waals surface area contributed by atoms with Crippen LogP contribution < -0.4 is 4.74 Å². The van der Waals surface area contributed by atoms with Gasteiger partial charge in [-0.3, -0.25) is 0 Å². The van der Waals surface area contributed by atoms with Gasteiger partial charge in [0, 0.05) is 11.6 Å². The summed E-state index contributed by atoms with van der Waals surface area (Å²) in [5, 5.41) is 0. The maximum absolute atomic E-state index is 5.12. The van der Waals surface area contributed by atoms with Gasteiger partial charge in [0.2, 0.25) is 5.88 Å². The molecule has 0 N–H and O–H groups in total. The van der Waals surface area contributed by atoms with E-state index in [1.165, 1.54) is 0 Å². The van der Waals surface area contributed by atoms with Gasteiger partial charge >= 0.3 is 0 Å². The van der Waals surface area contributed by atoms with E-state index in [2.05, 4.69) is 24.0 Å². The number of pyridine rings is 1. The van der Waals surface area contributed by atoms with Gasteiger partial charge < -0.3 is 4.74 Å². The van der Waals surface area contributed by atoms with E-state index in [4.69, 9.17) is 4.74 Å². The highest BCUT2D eigenvalue weighted by Gasteiger charge is 2.04. The Balaban J connectivity index is 0.000000686. The van der Waals surface area contributed by atoms with Gasteiger partial charge in [0.1, 0.15) is 0 Å². The fourth-order valence-electron chi connectivity index (χ4n) is 1.51. The molecule has 2 aromatic rings. The van der Waals surface area contributed by atoms with Crippen LogP contribution in [0.25, 0.3) is 11.3 Å². The smallest absolute Gasteiger partial charge is 0.213 e. The maximum atomic E-state index is 5.12. The van der Waals surface area contributed by atoms with Gasteiger partial charge in [0.05, 0.1) is 12.8 Å². The molecule has 1 aromatic carbocycles. The molecule has 0 saturated carbocycles. The number of benzene rings is 1. The van der Waals surface area contributed by atoms with Crippen LogP contribution in [0.15, 0.2) is 42.5 Å². The molecule has 0 aliphatic carbocycles. The van der Waals surface area contributed by atoms with Crippen LogP contribution in [0.1, 0.15) is 19.4 Å². The number of methoxy groups -OCH3 is 1. The van der Waals surface area contributed by atoms with E-state index in [0.717, 1.165) is 16.8 Å². The van der Waals surface area contributed by atoms with Crippen molar-refractivity contribution >= 4 is 0 Å². The zero-order valence-electron chi connectivity index (χ0n) is 10.9. The number of aryl methyl sites for hydroxylation is 1. The summed E-state index contributed by atoms with van der Waals surface area (Å²) in [5.41, 5.74) is 3.26. The number of rotatable bonds is 2. The summed E-state index contributed by atoms with van der Waals surface area (Å²) in [7, 11) is 1.63. The molecular weight excluding hydrogens is 210 g/mol. The van der Waals surface area contributed by atoms with Gasteiger partial charge in [-0.25, -0.2) is 4.98 Å². The van der Waals surface area contributed by atoms with Gasteiger partial charge in [0.25, 0.3) is 0 Å². The summed E-state index contributed by atoms with van der Waals surface area (Å²) in [4.78, 5) is 4.44. The number of aromatic nitrogens is 1. The standard InChI is InChI=1S/C13H13NO.C2H6/c1-10-8-9-12(15-2)14-13(10)11-6-4-3-5-7-11;1-2/h3-9H,1-2H3;1-2H3. The van der Waals surface area contributed by atoms with E-state index < -0.39 is 0 Å². The fraction of sp³-hybridized carbons (Fsp3) is 0.267. The third-order valence-corrected chi connectivity index (χ3v) is 2.33. The van der Waals surface area contributed by atoms with Crippen LogP contribution in [0, 0.1) is 6.92 Å². The highest BCUT2D eigenvalue weighted by molar-refractivity contribution is 5.63. The molecule has 0 amide bonds. The van der Waals surface area contributed by atoms with Crippen LogP contribution in [0.3, 0.4) is 0 Å². The van der Waals surface area contributed by atoms with Crippen LogP contribution in [0.2, 0.25) is 0 Å². The SMILES string of the molecule is CC.COc1ccc(C)c(-c2ccccc2)n1. The average molecular weight is 229 g/mol. The van der Waals surface area contributed by atoms with Crippen molar-refractivity contribution in [3.05, 3.63) is 48.0 Å². The quantitative estimate of drug-likeness (QED) is 0.773.